The minimum atomic E-state index is -0.919. The maximum Gasteiger partial charge on any atom is 0.302 e. The quantitative estimate of drug-likeness (QED) is 0.768. The van der Waals surface area contributed by atoms with E-state index in [-0.39, 0.29) is 6.61 Å². The Hall–Kier alpha value is -0.730. The molecule has 7 nitrogen and oxygen atoms in total. The van der Waals surface area contributed by atoms with E-state index in [9.17, 15) is 9.90 Å². The first-order valence-corrected chi connectivity index (χ1v) is 7.90. The van der Waals surface area contributed by atoms with E-state index in [1.165, 1.54) is 20.5 Å². The fraction of sp³-hybridized carbons (Fsp3) is 0.933. The highest BCUT2D eigenvalue weighted by Gasteiger charge is 2.58. The third kappa shape index (κ3) is 3.00. The van der Waals surface area contributed by atoms with Crippen LogP contribution in [-0.4, -0.2) is 61.3 Å². The number of carbonyl (C=O) groups excluding carboxylic acids is 1. The summed E-state index contributed by atoms with van der Waals surface area (Å²) in [5.74, 6) is -1.05. The highest BCUT2D eigenvalue weighted by atomic mass is 16.8. The monoisotopic (exact) mass is 316 g/mol. The number of carbonyl (C=O) groups is 1. The smallest absolute Gasteiger partial charge is 0.302 e. The molecule has 2 aliphatic heterocycles. The lowest BCUT2D eigenvalue weighted by Crippen LogP contribution is -2.58. The maximum atomic E-state index is 11.0. The molecule has 0 amide bonds. The van der Waals surface area contributed by atoms with E-state index in [2.05, 4.69) is 0 Å². The molecule has 1 saturated carbocycles. The zero-order valence-electron chi connectivity index (χ0n) is 13.0. The van der Waals surface area contributed by atoms with Crippen molar-refractivity contribution in [3.05, 3.63) is 0 Å². The van der Waals surface area contributed by atoms with E-state index >= 15 is 0 Å². The topological polar surface area (TPSA) is 83.5 Å². The number of hydrogen-bond donors (Lipinski definition) is 1. The lowest BCUT2D eigenvalue weighted by molar-refractivity contribution is -0.274. The van der Waals surface area contributed by atoms with Crippen LogP contribution in [0, 0.1) is 0 Å². The van der Waals surface area contributed by atoms with Gasteiger partial charge in [0.05, 0.1) is 0 Å². The van der Waals surface area contributed by atoms with Crippen molar-refractivity contribution in [3.63, 3.8) is 0 Å². The molecule has 5 atom stereocenters. The lowest BCUT2D eigenvalue weighted by Gasteiger charge is -2.38. The molecule has 22 heavy (non-hydrogen) atoms. The third-order valence-corrected chi connectivity index (χ3v) is 4.62. The average Bonchev–Trinajstić information content (AvgIpc) is 2.86. The number of esters is 1. The molecule has 2 heterocycles. The minimum absolute atomic E-state index is 0.0318. The zero-order valence-corrected chi connectivity index (χ0v) is 13.0. The van der Waals surface area contributed by atoms with Crippen LogP contribution in [0.1, 0.15) is 39.0 Å². The summed E-state index contributed by atoms with van der Waals surface area (Å²) in [6, 6.07) is 0. The van der Waals surface area contributed by atoms with Gasteiger partial charge in [-0.2, -0.15) is 0 Å². The number of rotatable bonds is 3. The molecule has 0 bridgehead atoms. The van der Waals surface area contributed by atoms with Crippen molar-refractivity contribution in [2.24, 2.45) is 0 Å². The van der Waals surface area contributed by atoms with Gasteiger partial charge >= 0.3 is 5.97 Å². The van der Waals surface area contributed by atoms with Gasteiger partial charge in [0.15, 0.2) is 12.1 Å². The standard InChI is InChI=1S/C15H24O7/c1-9(16)19-8-10-11(17)12-13(14(18-2)20-10)22-15(21-12)6-4-3-5-7-15/h10-14,17H,3-8H2,1-2H3/t10-,11-,12+,13-,14+/m1/s1. The number of ether oxygens (including phenoxy) is 5. The Balaban J connectivity index is 1.72. The van der Waals surface area contributed by atoms with Crippen molar-refractivity contribution in [2.45, 2.75) is 75.5 Å². The second-order valence-corrected chi connectivity index (χ2v) is 6.21. The van der Waals surface area contributed by atoms with Crippen LogP contribution < -0.4 is 0 Å². The van der Waals surface area contributed by atoms with Gasteiger partial charge < -0.3 is 28.8 Å². The van der Waals surface area contributed by atoms with E-state index < -0.39 is 42.5 Å². The van der Waals surface area contributed by atoms with Gasteiger partial charge in [-0.25, -0.2) is 0 Å². The van der Waals surface area contributed by atoms with Crippen LogP contribution >= 0.6 is 0 Å². The van der Waals surface area contributed by atoms with E-state index in [1.54, 1.807) is 0 Å². The van der Waals surface area contributed by atoms with E-state index in [4.69, 9.17) is 23.7 Å². The lowest BCUT2D eigenvalue weighted by atomic mass is 9.94. The third-order valence-electron chi connectivity index (χ3n) is 4.62. The SMILES string of the molecule is CO[C@H]1O[C@H](COC(C)=O)[C@@H](O)[C@@H]2OC3(CCCCC3)O[C@@H]12. The molecule has 0 radical (unpaired) electrons. The van der Waals surface area contributed by atoms with E-state index in [0.29, 0.717) is 0 Å². The summed E-state index contributed by atoms with van der Waals surface area (Å²) in [5, 5.41) is 10.5. The van der Waals surface area contributed by atoms with Crippen LogP contribution in [0.4, 0.5) is 0 Å². The Morgan fingerprint density at radius 2 is 1.91 bits per heavy atom. The molecule has 1 N–H and O–H groups in total. The number of methoxy groups -OCH3 is 1. The fourth-order valence-electron chi connectivity index (χ4n) is 3.53. The largest absolute Gasteiger partial charge is 0.463 e. The summed E-state index contributed by atoms with van der Waals surface area (Å²) in [5.41, 5.74) is 0. The molecule has 3 rings (SSSR count). The van der Waals surface area contributed by atoms with E-state index in [0.717, 1.165) is 25.7 Å². The molecule has 0 aromatic carbocycles. The van der Waals surface area contributed by atoms with Gasteiger partial charge in [0.1, 0.15) is 31.0 Å². The van der Waals surface area contributed by atoms with Crippen molar-refractivity contribution in [1.82, 2.24) is 0 Å². The van der Waals surface area contributed by atoms with Crippen molar-refractivity contribution in [2.75, 3.05) is 13.7 Å². The van der Waals surface area contributed by atoms with Gasteiger partial charge in [-0.15, -0.1) is 0 Å². The van der Waals surface area contributed by atoms with Gasteiger partial charge in [-0.1, -0.05) is 6.42 Å². The molecular formula is C15H24O7. The predicted octanol–water partition coefficient (Wildman–Crippen LogP) is 0.726. The minimum Gasteiger partial charge on any atom is -0.463 e. The van der Waals surface area contributed by atoms with Gasteiger partial charge in [0.2, 0.25) is 0 Å². The second-order valence-electron chi connectivity index (χ2n) is 6.21. The summed E-state index contributed by atoms with van der Waals surface area (Å²) >= 11 is 0. The molecule has 1 aliphatic carbocycles. The summed E-state index contributed by atoms with van der Waals surface area (Å²) in [6.07, 6.45) is 1.66. The summed E-state index contributed by atoms with van der Waals surface area (Å²) in [4.78, 5) is 11.0. The Morgan fingerprint density at radius 1 is 1.23 bits per heavy atom. The van der Waals surface area contributed by atoms with Crippen LogP contribution in [0.25, 0.3) is 0 Å². The Kier molecular flexibility index (Phi) is 4.70. The van der Waals surface area contributed by atoms with Crippen LogP contribution in [0.2, 0.25) is 0 Å². The Morgan fingerprint density at radius 3 is 2.55 bits per heavy atom. The van der Waals surface area contributed by atoms with Crippen LogP contribution in [0.5, 0.6) is 0 Å². The van der Waals surface area contributed by atoms with Gasteiger partial charge in [-0.05, 0) is 12.8 Å². The molecule has 2 saturated heterocycles. The van der Waals surface area contributed by atoms with Crippen molar-refractivity contribution in [3.8, 4) is 0 Å². The van der Waals surface area contributed by atoms with Crippen LogP contribution in [0.3, 0.4) is 0 Å². The predicted molar refractivity (Wildman–Crippen MR) is 73.9 cm³/mol. The molecule has 0 unspecified atom stereocenters. The molecule has 3 fully saturated rings. The van der Waals surface area contributed by atoms with Crippen LogP contribution in [-0.2, 0) is 28.5 Å². The van der Waals surface area contributed by atoms with Gasteiger partial charge in [-0.3, -0.25) is 4.79 Å². The zero-order chi connectivity index (χ0) is 15.7. The highest BCUT2D eigenvalue weighted by Crippen LogP contribution is 2.44. The first-order valence-electron chi connectivity index (χ1n) is 7.90. The Bertz CT molecular complexity index is 407. The summed E-state index contributed by atoms with van der Waals surface area (Å²) < 4.78 is 28.2. The molecular weight excluding hydrogens is 292 g/mol. The van der Waals surface area contributed by atoms with Crippen LogP contribution in [0.15, 0.2) is 0 Å². The number of fused-ring (bicyclic) bond motifs is 1. The molecule has 0 aromatic heterocycles. The van der Waals surface area contributed by atoms with Crippen molar-refractivity contribution >= 4 is 5.97 Å². The Labute approximate surface area is 129 Å². The molecule has 3 aliphatic rings. The van der Waals surface area contributed by atoms with E-state index in [1.807, 2.05) is 0 Å². The molecule has 1 spiro atoms. The first-order chi connectivity index (χ1) is 10.5. The van der Waals surface area contributed by atoms with Gasteiger partial charge in [0.25, 0.3) is 0 Å². The molecule has 7 heteroatoms. The normalized spacial score (nSPS) is 40.4. The van der Waals surface area contributed by atoms with Crippen molar-refractivity contribution in [1.29, 1.82) is 0 Å². The number of aliphatic hydroxyl groups excluding tert-OH is 1. The van der Waals surface area contributed by atoms with Gasteiger partial charge in [0, 0.05) is 26.9 Å². The molecule has 126 valence electrons. The summed E-state index contributed by atoms with van der Waals surface area (Å²) in [6.45, 7) is 1.29. The van der Waals surface area contributed by atoms with Crippen molar-refractivity contribution < 1.29 is 33.6 Å². The molecule has 0 aromatic rings. The number of hydrogen-bond acceptors (Lipinski definition) is 7. The fourth-order valence-corrected chi connectivity index (χ4v) is 3.53. The highest BCUT2D eigenvalue weighted by molar-refractivity contribution is 5.65. The second kappa shape index (κ2) is 6.41. The summed E-state index contributed by atoms with van der Waals surface area (Å²) in [7, 11) is 1.53. The first kappa shape index (κ1) is 16.1. The number of aliphatic hydroxyl groups is 1. The maximum absolute atomic E-state index is 11.0. The average molecular weight is 316 g/mol.